The van der Waals surface area contributed by atoms with Crippen LogP contribution < -0.4 is 24.6 Å². The van der Waals surface area contributed by atoms with E-state index >= 15 is 0 Å². The average Bonchev–Trinajstić information content (AvgIpc) is 3.68. The van der Waals surface area contributed by atoms with Gasteiger partial charge in [0.2, 0.25) is 10.0 Å². The van der Waals surface area contributed by atoms with E-state index in [2.05, 4.69) is 37.0 Å². The van der Waals surface area contributed by atoms with Crippen LogP contribution in [-0.4, -0.2) is 89.4 Å². The van der Waals surface area contributed by atoms with Gasteiger partial charge in [-0.1, -0.05) is 30.7 Å². The van der Waals surface area contributed by atoms with Crippen molar-refractivity contribution in [1.29, 1.82) is 0 Å². The van der Waals surface area contributed by atoms with E-state index in [1.54, 1.807) is 43.6 Å². The lowest BCUT2D eigenvalue weighted by Gasteiger charge is -2.48. The number of fused-ring (bicyclic) bond motifs is 4. The van der Waals surface area contributed by atoms with Crippen LogP contribution in [0.1, 0.15) is 67.4 Å². The number of aryl methyl sites for hydroxylation is 1. The Morgan fingerprint density at radius 1 is 1.11 bits per heavy atom. The number of aldehydes is 1. The molecule has 0 unspecified atom stereocenters. The lowest BCUT2D eigenvalue weighted by atomic mass is 9.64. The number of aromatic nitrogens is 1. The summed E-state index contributed by atoms with van der Waals surface area (Å²) in [6.45, 7) is 9.52. The zero-order chi connectivity index (χ0) is 38.8. The number of hydrogen-bond donors (Lipinski definition) is 2. The second-order valence-corrected chi connectivity index (χ2v) is 19.1. The van der Waals surface area contributed by atoms with Gasteiger partial charge in [-0.2, -0.15) is 0 Å². The first-order valence-corrected chi connectivity index (χ1v) is 22.2. The van der Waals surface area contributed by atoms with Crippen molar-refractivity contribution in [2.75, 3.05) is 62.8 Å². The number of hydrogen-bond acceptors (Lipinski definition) is 11. The van der Waals surface area contributed by atoms with E-state index in [9.17, 15) is 18.0 Å². The first kappa shape index (κ1) is 39.7. The fourth-order valence-electron chi connectivity index (χ4n) is 8.91. The molecular formula is C41H52ClN5O6S2. The van der Waals surface area contributed by atoms with Gasteiger partial charge in [0.05, 0.1) is 17.5 Å². The van der Waals surface area contributed by atoms with Crippen LogP contribution in [-0.2, 0) is 31.4 Å². The summed E-state index contributed by atoms with van der Waals surface area (Å²) in [6, 6.07) is 11.3. The maximum atomic E-state index is 13.4. The van der Waals surface area contributed by atoms with Crippen LogP contribution in [0.25, 0.3) is 0 Å². The second kappa shape index (κ2) is 16.5. The van der Waals surface area contributed by atoms with Crippen LogP contribution in [0.5, 0.6) is 5.75 Å². The number of sulfonamides is 1. The highest BCUT2D eigenvalue weighted by atomic mass is 35.5. The molecule has 0 radical (unpaired) electrons. The number of nitrogens with one attached hydrogen (secondary N) is 2. The molecule has 1 aromatic heterocycles. The standard InChI is InChI=1S/C34H41ClN2O6S.C7H11N3S/c1-22-6-4-15-34(20-38,42-3)29-11-8-26(29)18-37-19-33(14-5-7-24-16-27(35)10-12-28(24)33)21-43-31-13-9-25(17-30(31)37)32(39)36-44(40,41)23(22)2;1-4-10(5-2-8-1)7-9-3-6-11-7/h4,9-10,12-13,15-17,20,22-23,26,29H,5-8,11,14,18-19,21H2,1-3H3,(H,36,39);3,6,8H,1-2,4-5H2/b15-4+;/t22-,23+,26-,29+,33-,34+;/m0./s1. The van der Waals surface area contributed by atoms with E-state index in [-0.39, 0.29) is 28.7 Å². The molecule has 5 aliphatic rings. The smallest absolute Gasteiger partial charge is 0.264 e. The fourth-order valence-corrected chi connectivity index (χ4v) is 11.1. The third-order valence-electron chi connectivity index (χ3n) is 12.5. The van der Waals surface area contributed by atoms with E-state index in [0.29, 0.717) is 36.9 Å². The molecule has 1 amide bonds. The minimum Gasteiger partial charge on any atom is -0.490 e. The molecule has 55 heavy (non-hydrogen) atoms. The van der Waals surface area contributed by atoms with E-state index in [1.165, 1.54) is 11.1 Å². The highest BCUT2D eigenvalue weighted by Crippen LogP contribution is 2.48. The van der Waals surface area contributed by atoms with E-state index < -0.39 is 26.8 Å². The van der Waals surface area contributed by atoms with Crippen molar-refractivity contribution in [3.63, 3.8) is 0 Å². The van der Waals surface area contributed by atoms with Gasteiger partial charge in [0.25, 0.3) is 5.91 Å². The van der Waals surface area contributed by atoms with Gasteiger partial charge in [-0.25, -0.2) is 18.1 Å². The molecule has 296 valence electrons. The summed E-state index contributed by atoms with van der Waals surface area (Å²) < 4.78 is 41.3. The molecule has 1 spiro atoms. The van der Waals surface area contributed by atoms with E-state index in [1.807, 2.05) is 36.7 Å². The van der Waals surface area contributed by atoms with Crippen LogP contribution in [0.3, 0.4) is 0 Å². The Labute approximate surface area is 333 Å². The Hall–Kier alpha value is -3.49. The van der Waals surface area contributed by atoms with Gasteiger partial charge in [0.1, 0.15) is 11.4 Å². The van der Waals surface area contributed by atoms with E-state index in [0.717, 1.165) is 75.4 Å². The lowest BCUT2D eigenvalue weighted by molar-refractivity contribution is -0.135. The molecule has 8 rings (SSSR count). The second-order valence-electron chi connectivity index (χ2n) is 15.8. The number of nitrogens with zero attached hydrogens (tertiary/aromatic N) is 3. The Kier molecular flexibility index (Phi) is 12.0. The van der Waals surface area contributed by atoms with Crippen molar-refractivity contribution in [3.8, 4) is 5.75 Å². The number of halogens is 1. The summed E-state index contributed by atoms with van der Waals surface area (Å²) >= 11 is 8.12. The van der Waals surface area contributed by atoms with Gasteiger partial charge >= 0.3 is 0 Å². The molecular weight excluding hydrogens is 758 g/mol. The predicted molar refractivity (Wildman–Crippen MR) is 218 cm³/mol. The predicted octanol–water partition coefficient (Wildman–Crippen LogP) is 6.02. The SMILES string of the molecule is CO[C@@]1(C=O)/C=C/C[C@H](C)[C@@H](C)S(=O)(=O)NC(=O)c2ccc3c(c2)N(C[C@@H]2CC[C@H]21)C[C@@]1(CCCc2cc(Cl)ccc21)CO3.c1csc(N2CCNCC2)n1. The molecule has 6 atom stereocenters. The number of methoxy groups -OCH3 is 1. The van der Waals surface area contributed by atoms with Crippen LogP contribution in [0.4, 0.5) is 10.8 Å². The highest BCUT2D eigenvalue weighted by molar-refractivity contribution is 7.90. The molecule has 1 saturated carbocycles. The van der Waals surface area contributed by atoms with Crippen molar-refractivity contribution in [1.82, 2.24) is 15.0 Å². The first-order chi connectivity index (χ1) is 26.5. The molecule has 3 aromatic rings. The Morgan fingerprint density at radius 2 is 1.93 bits per heavy atom. The minimum absolute atomic E-state index is 0.0434. The number of thiazole rings is 1. The zero-order valence-electron chi connectivity index (χ0n) is 31.8. The Morgan fingerprint density at radius 3 is 2.64 bits per heavy atom. The highest BCUT2D eigenvalue weighted by Gasteiger charge is 2.49. The number of carbonyl (C=O) groups excluding carboxylic acids is 2. The van der Waals surface area contributed by atoms with Crippen LogP contribution in [0.2, 0.25) is 5.02 Å². The third kappa shape index (κ3) is 8.18. The maximum Gasteiger partial charge on any atom is 0.264 e. The summed E-state index contributed by atoms with van der Waals surface area (Å²) in [5.41, 5.74) is 2.05. The van der Waals surface area contributed by atoms with Crippen LogP contribution in [0, 0.1) is 17.8 Å². The van der Waals surface area contributed by atoms with Crippen LogP contribution >= 0.6 is 22.9 Å². The molecule has 2 N–H and O–H groups in total. The molecule has 4 heterocycles. The number of benzene rings is 2. The van der Waals surface area contributed by atoms with Crippen molar-refractivity contribution in [3.05, 3.63) is 81.8 Å². The Bertz CT molecular complexity index is 1990. The third-order valence-corrected chi connectivity index (χ3v) is 15.5. The van der Waals surface area contributed by atoms with Gasteiger partial charge < -0.3 is 24.6 Å². The van der Waals surface area contributed by atoms with Crippen molar-refractivity contribution >= 4 is 56.0 Å². The largest absolute Gasteiger partial charge is 0.490 e. The number of carbonyl (C=O) groups is 2. The number of amides is 1. The summed E-state index contributed by atoms with van der Waals surface area (Å²) in [5.74, 6) is -0.203. The Balaban J connectivity index is 0.000000360. The summed E-state index contributed by atoms with van der Waals surface area (Å²) in [7, 11) is -2.41. The quantitative estimate of drug-likeness (QED) is 0.240. The maximum absolute atomic E-state index is 13.4. The monoisotopic (exact) mass is 809 g/mol. The molecule has 2 aromatic carbocycles. The number of piperazine rings is 1. The molecule has 2 aliphatic carbocycles. The van der Waals surface area contributed by atoms with Crippen LogP contribution in [0.15, 0.2) is 60.1 Å². The first-order valence-electron chi connectivity index (χ1n) is 19.4. The topological polar surface area (TPSA) is 130 Å². The molecule has 3 aliphatic heterocycles. The average molecular weight is 810 g/mol. The lowest BCUT2D eigenvalue weighted by Crippen LogP contribution is -2.53. The fraction of sp³-hybridized carbons (Fsp3) is 0.537. The molecule has 14 heteroatoms. The zero-order valence-corrected chi connectivity index (χ0v) is 34.2. The summed E-state index contributed by atoms with van der Waals surface area (Å²) in [6.07, 6.45) is 11.5. The van der Waals surface area contributed by atoms with Gasteiger partial charge in [0.15, 0.2) is 11.4 Å². The number of rotatable bonds is 3. The minimum atomic E-state index is -3.97. The van der Waals surface area contributed by atoms with Crippen molar-refractivity contribution in [2.24, 2.45) is 17.8 Å². The van der Waals surface area contributed by atoms with Crippen molar-refractivity contribution in [2.45, 2.75) is 68.6 Å². The molecule has 2 fully saturated rings. The molecule has 11 nitrogen and oxygen atoms in total. The summed E-state index contributed by atoms with van der Waals surface area (Å²) in [4.78, 5) is 35.0. The van der Waals surface area contributed by atoms with Gasteiger partial charge in [0, 0.05) is 79.9 Å². The number of anilines is 2. The number of ether oxygens (including phenoxy) is 2. The molecule has 2 bridgehead atoms. The summed E-state index contributed by atoms with van der Waals surface area (Å²) in [5, 5.41) is 6.37. The normalized spacial score (nSPS) is 30.9. The van der Waals surface area contributed by atoms with Crippen molar-refractivity contribution < 1.29 is 27.5 Å². The number of allylic oxidation sites excluding steroid dienone is 1. The molecule has 1 saturated heterocycles. The van der Waals surface area contributed by atoms with E-state index in [4.69, 9.17) is 21.1 Å². The van der Waals surface area contributed by atoms with Gasteiger partial charge in [-0.15, -0.1) is 11.3 Å². The van der Waals surface area contributed by atoms with Gasteiger partial charge in [-0.3, -0.25) is 9.59 Å². The van der Waals surface area contributed by atoms with Gasteiger partial charge in [-0.05, 0) is 105 Å².